The van der Waals surface area contributed by atoms with Gasteiger partial charge in [0.2, 0.25) is 11.3 Å². The van der Waals surface area contributed by atoms with Crippen molar-refractivity contribution in [3.8, 4) is 11.3 Å². The van der Waals surface area contributed by atoms with E-state index in [0.29, 0.717) is 35.1 Å². The summed E-state index contributed by atoms with van der Waals surface area (Å²) in [5.74, 6) is -3.01. The van der Waals surface area contributed by atoms with Gasteiger partial charge in [-0.1, -0.05) is 30.3 Å². The minimum Gasteiger partial charge on any atom is -0.294 e. The second kappa shape index (κ2) is 10.0. The van der Waals surface area contributed by atoms with E-state index in [1.165, 1.54) is 18.2 Å². The fraction of sp³-hybridized carbons (Fsp3) is 0.125. The summed E-state index contributed by atoms with van der Waals surface area (Å²) in [5.41, 5.74) is 2.72. The smallest absolute Gasteiger partial charge is 0.231 e. The predicted octanol–water partition coefficient (Wildman–Crippen LogP) is 4.46. The van der Waals surface area contributed by atoms with Crippen LogP contribution in [0.2, 0.25) is 0 Å². The van der Waals surface area contributed by atoms with E-state index in [-0.39, 0.29) is 17.7 Å². The number of nitrogens with one attached hydrogen (secondary N) is 1. The Morgan fingerprint density at radius 2 is 1.82 bits per heavy atom. The zero-order chi connectivity index (χ0) is 23.4. The number of carbonyl (C=O) groups excluding carboxylic acids is 1. The molecule has 0 aliphatic heterocycles. The molecule has 0 saturated heterocycles. The summed E-state index contributed by atoms with van der Waals surface area (Å²) in [7, 11) is 0. The zero-order valence-electron chi connectivity index (χ0n) is 17.3. The summed E-state index contributed by atoms with van der Waals surface area (Å²) in [6, 6.07) is 16.4. The van der Waals surface area contributed by atoms with Crippen molar-refractivity contribution in [1.82, 2.24) is 14.7 Å². The largest absolute Gasteiger partial charge is 0.294 e. The Bertz CT molecular complexity index is 1350. The number of benzene rings is 3. The van der Waals surface area contributed by atoms with Crippen molar-refractivity contribution in [3.63, 3.8) is 0 Å². The van der Waals surface area contributed by atoms with Crippen molar-refractivity contribution in [3.05, 3.63) is 95.2 Å². The van der Waals surface area contributed by atoms with Gasteiger partial charge in [0.15, 0.2) is 17.4 Å². The van der Waals surface area contributed by atoms with Gasteiger partial charge in [0, 0.05) is 17.7 Å². The Balaban J connectivity index is 1.64. The van der Waals surface area contributed by atoms with Gasteiger partial charge >= 0.3 is 0 Å². The highest BCUT2D eigenvalue weighted by Gasteiger charge is 2.19. The molecule has 0 radical (unpaired) electrons. The Hall–Kier alpha value is -3.40. The maximum Gasteiger partial charge on any atom is 0.231 e. The second-order valence-corrected chi connectivity index (χ2v) is 8.13. The number of nitrogens with zero attached hydrogens (tertiary/aromatic N) is 2. The van der Waals surface area contributed by atoms with E-state index in [4.69, 9.17) is 4.55 Å². The minimum atomic E-state index is -2.14. The van der Waals surface area contributed by atoms with Crippen molar-refractivity contribution in [2.45, 2.75) is 12.8 Å². The van der Waals surface area contributed by atoms with E-state index < -0.39 is 28.7 Å². The van der Waals surface area contributed by atoms with Crippen LogP contribution in [0.25, 0.3) is 22.3 Å². The molecule has 3 aromatic carbocycles. The van der Waals surface area contributed by atoms with E-state index in [1.807, 2.05) is 30.3 Å². The quantitative estimate of drug-likeness (QED) is 0.227. The lowest BCUT2D eigenvalue weighted by molar-refractivity contribution is 0.103. The number of ketones is 1. The molecule has 9 heteroatoms. The van der Waals surface area contributed by atoms with Crippen LogP contribution in [0.5, 0.6) is 0 Å². The van der Waals surface area contributed by atoms with Gasteiger partial charge in [-0.2, -0.15) is 0 Å². The van der Waals surface area contributed by atoms with Crippen molar-refractivity contribution < 1.29 is 22.3 Å². The van der Waals surface area contributed by atoms with Crippen molar-refractivity contribution in [2.75, 3.05) is 6.54 Å². The van der Waals surface area contributed by atoms with Gasteiger partial charge in [0.25, 0.3) is 0 Å². The highest BCUT2D eigenvalue weighted by atomic mass is 32.2. The number of fused-ring (bicyclic) bond motifs is 1. The summed E-state index contributed by atoms with van der Waals surface area (Å²) in [4.78, 5) is 22.0. The van der Waals surface area contributed by atoms with Gasteiger partial charge in [0.1, 0.15) is 0 Å². The molecule has 4 aromatic rings. The Morgan fingerprint density at radius 3 is 2.58 bits per heavy atom. The van der Waals surface area contributed by atoms with Crippen LogP contribution in [0.1, 0.15) is 27.9 Å². The molecule has 1 unspecified atom stereocenters. The Kier molecular flexibility index (Phi) is 6.93. The van der Waals surface area contributed by atoms with Gasteiger partial charge in [-0.15, -0.1) is 0 Å². The van der Waals surface area contributed by atoms with Crippen molar-refractivity contribution in [1.29, 1.82) is 0 Å². The lowest BCUT2D eigenvalue weighted by Crippen LogP contribution is -2.18. The first-order valence-electron chi connectivity index (χ1n) is 10.1. The SMILES string of the molecule is O=C(c1ccc2ncc(-c3ccccc3)nc2c1)c1cc(CCCNS(=O)O)cc(F)c1F. The molecule has 0 aliphatic rings. The summed E-state index contributed by atoms with van der Waals surface area (Å²) in [6.45, 7) is 0.207. The average molecular weight is 467 g/mol. The fourth-order valence-electron chi connectivity index (χ4n) is 3.46. The first kappa shape index (κ1) is 22.8. The zero-order valence-corrected chi connectivity index (χ0v) is 18.1. The molecule has 4 rings (SSSR count). The van der Waals surface area contributed by atoms with E-state index in [1.54, 1.807) is 12.3 Å². The lowest BCUT2D eigenvalue weighted by atomic mass is 9.98. The Labute approximate surface area is 191 Å². The van der Waals surface area contributed by atoms with E-state index >= 15 is 0 Å². The van der Waals surface area contributed by atoms with Crippen LogP contribution in [0.15, 0.2) is 66.9 Å². The number of hydrogen-bond donors (Lipinski definition) is 2. The van der Waals surface area contributed by atoms with Crippen LogP contribution in [0, 0.1) is 11.6 Å². The normalized spacial score (nSPS) is 12.1. The molecule has 0 aliphatic carbocycles. The van der Waals surface area contributed by atoms with Crippen LogP contribution in [-0.4, -0.2) is 31.1 Å². The third-order valence-electron chi connectivity index (χ3n) is 5.07. The predicted molar refractivity (Wildman–Crippen MR) is 122 cm³/mol. The number of hydrogen-bond acceptors (Lipinski definition) is 4. The molecule has 1 atom stereocenters. The monoisotopic (exact) mass is 467 g/mol. The third kappa shape index (κ3) is 5.33. The van der Waals surface area contributed by atoms with E-state index in [9.17, 15) is 17.8 Å². The van der Waals surface area contributed by atoms with Crippen molar-refractivity contribution >= 4 is 28.1 Å². The molecule has 0 bridgehead atoms. The maximum absolute atomic E-state index is 14.5. The molecule has 0 amide bonds. The minimum absolute atomic E-state index is 0.162. The molecular formula is C24H19F2N3O3S. The summed E-state index contributed by atoms with van der Waals surface area (Å²) in [6.07, 6.45) is 2.34. The van der Waals surface area contributed by atoms with Crippen LogP contribution in [0.4, 0.5) is 8.78 Å². The molecule has 0 fully saturated rings. The van der Waals surface area contributed by atoms with E-state index in [0.717, 1.165) is 11.6 Å². The van der Waals surface area contributed by atoms with Gasteiger partial charge in [0.05, 0.1) is 28.5 Å². The van der Waals surface area contributed by atoms with Crippen LogP contribution >= 0.6 is 0 Å². The Morgan fingerprint density at radius 1 is 1.03 bits per heavy atom. The number of carbonyl (C=O) groups is 1. The molecule has 1 aromatic heterocycles. The number of halogens is 2. The molecule has 33 heavy (non-hydrogen) atoms. The summed E-state index contributed by atoms with van der Waals surface area (Å²) in [5, 5.41) is 0. The first-order chi connectivity index (χ1) is 15.9. The van der Waals surface area contributed by atoms with Crippen LogP contribution in [-0.2, 0) is 17.7 Å². The van der Waals surface area contributed by atoms with Gasteiger partial charge in [-0.3, -0.25) is 14.3 Å². The van der Waals surface area contributed by atoms with Gasteiger partial charge < -0.3 is 0 Å². The molecular weight excluding hydrogens is 448 g/mol. The number of aromatic nitrogens is 2. The lowest BCUT2D eigenvalue weighted by Gasteiger charge is -2.09. The molecule has 2 N–H and O–H groups in total. The molecule has 0 saturated carbocycles. The van der Waals surface area contributed by atoms with Gasteiger partial charge in [-0.25, -0.2) is 22.7 Å². The van der Waals surface area contributed by atoms with E-state index in [2.05, 4.69) is 14.7 Å². The standard InChI is InChI=1S/C24H19F2N3O3S/c25-19-12-15(5-4-10-28-33(31)32)11-18(23(19)26)24(30)17-8-9-20-21(13-17)29-22(14-27-20)16-6-2-1-3-7-16/h1-3,6-9,11-14,28H,4-5,10H2,(H,31,32). The third-order valence-corrected chi connectivity index (χ3v) is 5.53. The van der Waals surface area contributed by atoms with Gasteiger partial charge in [-0.05, 0) is 48.7 Å². The second-order valence-electron chi connectivity index (χ2n) is 7.34. The highest BCUT2D eigenvalue weighted by molar-refractivity contribution is 7.77. The number of aryl methyl sites for hydroxylation is 1. The maximum atomic E-state index is 14.5. The topological polar surface area (TPSA) is 92.2 Å². The highest BCUT2D eigenvalue weighted by Crippen LogP contribution is 2.23. The van der Waals surface area contributed by atoms with Crippen LogP contribution < -0.4 is 4.72 Å². The molecule has 0 spiro atoms. The summed E-state index contributed by atoms with van der Waals surface area (Å²) < 4.78 is 50.4. The van der Waals surface area contributed by atoms with Crippen LogP contribution in [0.3, 0.4) is 0 Å². The number of rotatable bonds is 8. The average Bonchev–Trinajstić information content (AvgIpc) is 2.83. The summed E-state index contributed by atoms with van der Waals surface area (Å²) >= 11 is -2.14. The van der Waals surface area contributed by atoms with Crippen molar-refractivity contribution in [2.24, 2.45) is 0 Å². The molecule has 6 nitrogen and oxygen atoms in total. The fourth-order valence-corrected chi connectivity index (χ4v) is 3.78. The molecule has 1 heterocycles. The molecule has 168 valence electrons. The first-order valence-corrected chi connectivity index (χ1v) is 11.2.